The van der Waals surface area contributed by atoms with Gasteiger partial charge >= 0.3 is 11.9 Å². The van der Waals surface area contributed by atoms with Gasteiger partial charge in [-0.05, 0) is 38.5 Å². The first-order valence-electron chi connectivity index (χ1n) is 6.95. The summed E-state index contributed by atoms with van der Waals surface area (Å²) >= 11 is 0. The number of ether oxygens (including phenoxy) is 2. The Labute approximate surface area is 128 Å². The third kappa shape index (κ3) is 2.88. The number of benzene rings is 1. The number of carbonyl (C=O) groups excluding carboxylic acids is 2. The minimum absolute atomic E-state index is 0.295. The molecule has 0 amide bonds. The van der Waals surface area contributed by atoms with E-state index in [9.17, 15) is 9.59 Å². The zero-order chi connectivity index (χ0) is 16.3. The maximum atomic E-state index is 12.1. The van der Waals surface area contributed by atoms with Crippen LogP contribution in [0.1, 0.15) is 39.2 Å². The lowest BCUT2D eigenvalue weighted by molar-refractivity contribution is 0.0524. The van der Waals surface area contributed by atoms with Crippen LogP contribution >= 0.6 is 0 Å². The molecule has 0 atom stereocenters. The summed E-state index contributed by atoms with van der Waals surface area (Å²) in [6.07, 6.45) is 0. The van der Waals surface area contributed by atoms with Gasteiger partial charge in [0, 0.05) is 5.56 Å². The fourth-order valence-corrected chi connectivity index (χ4v) is 2.37. The number of aryl methyl sites for hydroxylation is 2. The summed E-state index contributed by atoms with van der Waals surface area (Å²) in [6.45, 7) is 5.57. The van der Waals surface area contributed by atoms with E-state index in [0.29, 0.717) is 34.8 Å². The second kappa shape index (κ2) is 6.47. The minimum atomic E-state index is -0.413. The van der Waals surface area contributed by atoms with E-state index in [-0.39, 0.29) is 0 Å². The summed E-state index contributed by atoms with van der Waals surface area (Å²) in [4.78, 5) is 23.6. The van der Waals surface area contributed by atoms with E-state index in [1.165, 1.54) is 7.11 Å². The highest BCUT2D eigenvalue weighted by molar-refractivity contribution is 5.99. The Morgan fingerprint density at radius 2 is 1.68 bits per heavy atom. The zero-order valence-corrected chi connectivity index (χ0v) is 13.1. The molecule has 0 unspecified atom stereocenters. The van der Waals surface area contributed by atoms with Gasteiger partial charge in [-0.1, -0.05) is 12.1 Å². The van der Waals surface area contributed by atoms with E-state index >= 15 is 0 Å². The van der Waals surface area contributed by atoms with Crippen molar-refractivity contribution in [2.24, 2.45) is 0 Å². The first-order valence-corrected chi connectivity index (χ1v) is 6.95. The molecule has 116 valence electrons. The van der Waals surface area contributed by atoms with E-state index in [1.807, 2.05) is 0 Å². The number of methoxy groups -OCH3 is 1. The molecule has 0 aliphatic heterocycles. The van der Waals surface area contributed by atoms with E-state index in [2.05, 4.69) is 4.74 Å². The Hall–Kier alpha value is -2.56. The number of carbonyl (C=O) groups is 2. The monoisotopic (exact) mass is 302 g/mol. The number of rotatable bonds is 4. The topological polar surface area (TPSA) is 65.7 Å². The van der Waals surface area contributed by atoms with Crippen LogP contribution in [0.5, 0.6) is 0 Å². The molecule has 1 aromatic heterocycles. The molecule has 5 heteroatoms. The Morgan fingerprint density at radius 1 is 1.05 bits per heavy atom. The van der Waals surface area contributed by atoms with Gasteiger partial charge in [0.25, 0.3) is 0 Å². The van der Waals surface area contributed by atoms with Crippen molar-refractivity contribution in [3.8, 4) is 11.1 Å². The summed E-state index contributed by atoms with van der Waals surface area (Å²) < 4.78 is 15.3. The summed E-state index contributed by atoms with van der Waals surface area (Å²) in [5.41, 5.74) is 2.34. The lowest BCUT2D eigenvalue weighted by Crippen LogP contribution is -2.06. The predicted molar refractivity (Wildman–Crippen MR) is 80.9 cm³/mol. The Morgan fingerprint density at radius 3 is 2.23 bits per heavy atom. The predicted octanol–water partition coefficient (Wildman–Crippen LogP) is 3.53. The number of hydrogen-bond donors (Lipinski definition) is 0. The molecular formula is C17H18O5. The smallest absolute Gasteiger partial charge is 0.342 e. The van der Waals surface area contributed by atoms with Crippen LogP contribution in [-0.4, -0.2) is 25.7 Å². The highest BCUT2D eigenvalue weighted by Crippen LogP contribution is 2.33. The van der Waals surface area contributed by atoms with Crippen molar-refractivity contribution >= 4 is 11.9 Å². The summed E-state index contributed by atoms with van der Waals surface area (Å²) in [5, 5.41) is 0. The van der Waals surface area contributed by atoms with E-state index in [0.717, 1.165) is 5.56 Å². The van der Waals surface area contributed by atoms with Crippen molar-refractivity contribution in [1.82, 2.24) is 0 Å². The highest BCUT2D eigenvalue weighted by Gasteiger charge is 2.23. The molecule has 2 aromatic rings. The minimum Gasteiger partial charge on any atom is -0.465 e. The molecular weight excluding hydrogens is 284 g/mol. The maximum Gasteiger partial charge on any atom is 0.342 e. The van der Waals surface area contributed by atoms with E-state index < -0.39 is 11.9 Å². The summed E-state index contributed by atoms with van der Waals surface area (Å²) in [6, 6.07) is 6.81. The van der Waals surface area contributed by atoms with Crippen molar-refractivity contribution < 1.29 is 23.5 Å². The first kappa shape index (κ1) is 15.8. The molecule has 0 aliphatic rings. The molecule has 22 heavy (non-hydrogen) atoms. The van der Waals surface area contributed by atoms with E-state index in [1.54, 1.807) is 45.0 Å². The number of esters is 2. The third-order valence-corrected chi connectivity index (χ3v) is 3.33. The van der Waals surface area contributed by atoms with Gasteiger partial charge < -0.3 is 13.9 Å². The van der Waals surface area contributed by atoms with Gasteiger partial charge in [0.2, 0.25) is 0 Å². The Bertz CT molecular complexity index is 695. The largest absolute Gasteiger partial charge is 0.465 e. The van der Waals surface area contributed by atoms with Crippen LogP contribution in [-0.2, 0) is 9.47 Å². The van der Waals surface area contributed by atoms with Gasteiger partial charge in [-0.2, -0.15) is 0 Å². The molecule has 0 aliphatic carbocycles. The van der Waals surface area contributed by atoms with Crippen LogP contribution in [0.4, 0.5) is 0 Å². The van der Waals surface area contributed by atoms with Gasteiger partial charge in [0.1, 0.15) is 17.1 Å². The fourth-order valence-electron chi connectivity index (χ4n) is 2.37. The molecule has 1 heterocycles. The molecule has 0 fully saturated rings. The van der Waals surface area contributed by atoms with Gasteiger partial charge in [-0.25, -0.2) is 9.59 Å². The van der Waals surface area contributed by atoms with Crippen LogP contribution in [0.15, 0.2) is 28.7 Å². The van der Waals surface area contributed by atoms with Gasteiger partial charge in [-0.15, -0.1) is 0 Å². The highest BCUT2D eigenvalue weighted by atomic mass is 16.5. The molecule has 0 saturated heterocycles. The Kier molecular flexibility index (Phi) is 4.65. The molecule has 1 aromatic carbocycles. The van der Waals surface area contributed by atoms with Crippen molar-refractivity contribution in [2.45, 2.75) is 20.8 Å². The standard InChI is InChI=1S/C17H18O5/c1-5-21-17(19)15-11(3)22-10(2)14(15)12-6-8-13(9-7-12)16(18)20-4/h6-9H,5H2,1-4H3. The number of hydrogen-bond acceptors (Lipinski definition) is 5. The van der Waals surface area contributed by atoms with Crippen molar-refractivity contribution in [1.29, 1.82) is 0 Å². The van der Waals surface area contributed by atoms with Crippen molar-refractivity contribution in [2.75, 3.05) is 13.7 Å². The normalized spacial score (nSPS) is 10.4. The fraction of sp³-hybridized carbons (Fsp3) is 0.294. The average Bonchev–Trinajstić information content (AvgIpc) is 2.81. The lowest BCUT2D eigenvalue weighted by atomic mass is 9.99. The van der Waals surface area contributed by atoms with Crippen LogP contribution in [0, 0.1) is 13.8 Å². The van der Waals surface area contributed by atoms with Gasteiger partial charge in [-0.3, -0.25) is 0 Å². The molecule has 0 N–H and O–H groups in total. The lowest BCUT2D eigenvalue weighted by Gasteiger charge is -2.06. The number of furan rings is 1. The molecule has 2 rings (SSSR count). The molecule has 0 radical (unpaired) electrons. The average molecular weight is 302 g/mol. The first-order chi connectivity index (χ1) is 10.5. The third-order valence-electron chi connectivity index (χ3n) is 3.33. The summed E-state index contributed by atoms with van der Waals surface area (Å²) in [5.74, 6) is 0.329. The molecule has 0 bridgehead atoms. The second-order valence-corrected chi connectivity index (χ2v) is 4.75. The molecule has 0 spiro atoms. The van der Waals surface area contributed by atoms with Crippen molar-refractivity contribution in [3.05, 3.63) is 46.9 Å². The van der Waals surface area contributed by atoms with Crippen LogP contribution in [0.3, 0.4) is 0 Å². The van der Waals surface area contributed by atoms with Crippen LogP contribution in [0.25, 0.3) is 11.1 Å². The quantitative estimate of drug-likeness (QED) is 0.808. The van der Waals surface area contributed by atoms with Gasteiger partial charge in [0.15, 0.2) is 0 Å². The maximum absolute atomic E-state index is 12.1. The van der Waals surface area contributed by atoms with Gasteiger partial charge in [0.05, 0.1) is 19.3 Å². The van der Waals surface area contributed by atoms with Crippen LogP contribution < -0.4 is 0 Å². The van der Waals surface area contributed by atoms with Crippen molar-refractivity contribution in [3.63, 3.8) is 0 Å². The zero-order valence-electron chi connectivity index (χ0n) is 13.1. The SMILES string of the molecule is CCOC(=O)c1c(C)oc(C)c1-c1ccc(C(=O)OC)cc1. The van der Waals surface area contributed by atoms with Crippen LogP contribution in [0.2, 0.25) is 0 Å². The summed E-state index contributed by atoms with van der Waals surface area (Å²) in [7, 11) is 1.33. The van der Waals surface area contributed by atoms with E-state index in [4.69, 9.17) is 9.15 Å². The second-order valence-electron chi connectivity index (χ2n) is 4.75. The molecule has 5 nitrogen and oxygen atoms in total. The molecule has 0 saturated carbocycles. The Balaban J connectivity index is 2.48.